The molecule has 1 N–H and O–H groups in total. The fourth-order valence-electron chi connectivity index (χ4n) is 1.32. The zero-order valence-electron chi connectivity index (χ0n) is 9.32. The van der Waals surface area contributed by atoms with Crippen LogP contribution in [0.25, 0.3) is 0 Å². The van der Waals surface area contributed by atoms with Gasteiger partial charge in [-0.2, -0.15) is 5.26 Å². The highest BCUT2D eigenvalue weighted by Crippen LogP contribution is 2.24. The van der Waals surface area contributed by atoms with Gasteiger partial charge in [-0.05, 0) is 24.7 Å². The minimum atomic E-state index is -0.205. The summed E-state index contributed by atoms with van der Waals surface area (Å²) in [5.41, 5.74) is 1.02. The Bertz CT molecular complexity index is 338. The number of thioether (sulfide) groups is 1. The smallest absolute Gasteiger partial charge is 0.121 e. The third-order valence-electron chi connectivity index (χ3n) is 2.00. The normalized spacial score (nSPS) is 12.5. The Labute approximate surface area is 95.7 Å². The van der Waals surface area contributed by atoms with Crippen molar-refractivity contribution in [2.75, 3.05) is 7.05 Å². The molecular weight excluding hydrogens is 204 g/mol. The standard InChI is InChI=1S/C12H16N2S/c1-9(2)15-11-6-4-10(5-7-11)12(8-13)14-3/h4-7,9,12,14H,1-3H3. The topological polar surface area (TPSA) is 35.8 Å². The minimum Gasteiger partial charge on any atom is -0.301 e. The van der Waals surface area contributed by atoms with E-state index in [4.69, 9.17) is 5.26 Å². The summed E-state index contributed by atoms with van der Waals surface area (Å²) in [5.74, 6) is 0. The van der Waals surface area contributed by atoms with Crippen molar-refractivity contribution in [3.05, 3.63) is 29.8 Å². The van der Waals surface area contributed by atoms with Crippen LogP contribution in [0.1, 0.15) is 25.5 Å². The molecule has 0 aliphatic heterocycles. The van der Waals surface area contributed by atoms with E-state index in [0.29, 0.717) is 5.25 Å². The predicted molar refractivity (Wildman–Crippen MR) is 64.8 cm³/mol. The van der Waals surface area contributed by atoms with Gasteiger partial charge in [0, 0.05) is 10.1 Å². The van der Waals surface area contributed by atoms with Crippen molar-refractivity contribution in [3.8, 4) is 6.07 Å². The van der Waals surface area contributed by atoms with Crippen LogP contribution >= 0.6 is 11.8 Å². The van der Waals surface area contributed by atoms with Gasteiger partial charge in [0.1, 0.15) is 6.04 Å². The lowest BCUT2D eigenvalue weighted by atomic mass is 10.1. The molecule has 0 saturated carbocycles. The monoisotopic (exact) mass is 220 g/mol. The second kappa shape index (κ2) is 5.79. The summed E-state index contributed by atoms with van der Waals surface area (Å²) in [5, 5.41) is 12.4. The van der Waals surface area contributed by atoms with E-state index < -0.39 is 0 Å². The van der Waals surface area contributed by atoms with Gasteiger partial charge in [-0.25, -0.2) is 0 Å². The van der Waals surface area contributed by atoms with E-state index in [9.17, 15) is 0 Å². The summed E-state index contributed by atoms with van der Waals surface area (Å²) < 4.78 is 0. The summed E-state index contributed by atoms with van der Waals surface area (Å²) in [7, 11) is 1.80. The molecular formula is C12H16N2S. The molecule has 80 valence electrons. The number of hydrogen-bond donors (Lipinski definition) is 1. The lowest BCUT2D eigenvalue weighted by Gasteiger charge is -2.09. The maximum absolute atomic E-state index is 8.88. The lowest BCUT2D eigenvalue weighted by molar-refractivity contribution is 0.726. The predicted octanol–water partition coefficient (Wildman–Crippen LogP) is 2.97. The largest absolute Gasteiger partial charge is 0.301 e. The molecule has 15 heavy (non-hydrogen) atoms. The molecule has 0 radical (unpaired) electrons. The van der Waals surface area contributed by atoms with Crippen LogP contribution in [0, 0.1) is 11.3 Å². The van der Waals surface area contributed by atoms with Gasteiger partial charge < -0.3 is 5.32 Å². The van der Waals surface area contributed by atoms with Crippen molar-refractivity contribution in [3.63, 3.8) is 0 Å². The van der Waals surface area contributed by atoms with Crippen molar-refractivity contribution in [2.45, 2.75) is 30.0 Å². The number of nitrogens with zero attached hydrogens (tertiary/aromatic N) is 1. The number of nitrogens with one attached hydrogen (secondary N) is 1. The van der Waals surface area contributed by atoms with E-state index in [1.54, 1.807) is 7.05 Å². The molecule has 1 rings (SSSR count). The maximum Gasteiger partial charge on any atom is 0.121 e. The third kappa shape index (κ3) is 3.58. The average Bonchev–Trinajstić information content (AvgIpc) is 2.21. The molecule has 0 heterocycles. The first-order valence-electron chi connectivity index (χ1n) is 5.01. The first kappa shape index (κ1) is 12.1. The summed E-state index contributed by atoms with van der Waals surface area (Å²) >= 11 is 1.83. The quantitative estimate of drug-likeness (QED) is 0.792. The molecule has 3 heteroatoms. The fraction of sp³-hybridized carbons (Fsp3) is 0.417. The zero-order valence-corrected chi connectivity index (χ0v) is 10.1. The van der Waals surface area contributed by atoms with Crippen molar-refractivity contribution in [1.29, 1.82) is 5.26 Å². The highest BCUT2D eigenvalue weighted by Gasteiger charge is 2.07. The summed E-state index contributed by atoms with van der Waals surface area (Å²) in [6.07, 6.45) is 0. The van der Waals surface area contributed by atoms with E-state index in [2.05, 4.69) is 37.4 Å². The molecule has 2 nitrogen and oxygen atoms in total. The Kier molecular flexibility index (Phi) is 4.67. The van der Waals surface area contributed by atoms with Gasteiger partial charge in [0.15, 0.2) is 0 Å². The highest BCUT2D eigenvalue weighted by atomic mass is 32.2. The number of benzene rings is 1. The van der Waals surface area contributed by atoms with Crippen molar-refractivity contribution >= 4 is 11.8 Å². The highest BCUT2D eigenvalue weighted by molar-refractivity contribution is 7.99. The molecule has 1 atom stereocenters. The van der Waals surface area contributed by atoms with Crippen molar-refractivity contribution < 1.29 is 0 Å². The molecule has 0 amide bonds. The lowest BCUT2D eigenvalue weighted by Crippen LogP contribution is -2.13. The molecule has 0 aliphatic carbocycles. The maximum atomic E-state index is 8.88. The van der Waals surface area contributed by atoms with Gasteiger partial charge in [-0.15, -0.1) is 11.8 Å². The summed E-state index contributed by atoms with van der Waals surface area (Å²) in [6.45, 7) is 4.34. The van der Waals surface area contributed by atoms with Crippen LogP contribution in [0.5, 0.6) is 0 Å². The fourth-order valence-corrected chi connectivity index (χ4v) is 2.15. The molecule has 1 aromatic rings. The van der Waals surface area contributed by atoms with E-state index in [1.807, 2.05) is 23.9 Å². The van der Waals surface area contributed by atoms with E-state index in [0.717, 1.165) is 5.56 Å². The molecule has 1 unspecified atom stereocenters. The van der Waals surface area contributed by atoms with E-state index in [-0.39, 0.29) is 6.04 Å². The molecule has 0 spiro atoms. The van der Waals surface area contributed by atoms with Crippen LogP contribution < -0.4 is 5.32 Å². The number of rotatable bonds is 4. The van der Waals surface area contributed by atoms with Gasteiger partial charge in [0.05, 0.1) is 6.07 Å². The van der Waals surface area contributed by atoms with Gasteiger partial charge in [-0.3, -0.25) is 0 Å². The zero-order chi connectivity index (χ0) is 11.3. The molecule has 0 bridgehead atoms. The Morgan fingerprint density at radius 2 is 1.87 bits per heavy atom. The minimum absolute atomic E-state index is 0.205. The van der Waals surface area contributed by atoms with Crippen LogP contribution in [0.15, 0.2) is 29.2 Å². The molecule has 0 fully saturated rings. The van der Waals surface area contributed by atoms with Crippen LogP contribution in [-0.2, 0) is 0 Å². The van der Waals surface area contributed by atoms with Gasteiger partial charge in [0.2, 0.25) is 0 Å². The van der Waals surface area contributed by atoms with Crippen molar-refractivity contribution in [1.82, 2.24) is 5.32 Å². The number of hydrogen-bond acceptors (Lipinski definition) is 3. The third-order valence-corrected chi connectivity index (χ3v) is 3.02. The van der Waals surface area contributed by atoms with Crippen LogP contribution in [-0.4, -0.2) is 12.3 Å². The summed E-state index contributed by atoms with van der Waals surface area (Å²) in [6, 6.07) is 10.2. The van der Waals surface area contributed by atoms with E-state index in [1.165, 1.54) is 4.90 Å². The Hall–Kier alpha value is -0.980. The van der Waals surface area contributed by atoms with Crippen LogP contribution in [0.2, 0.25) is 0 Å². The SMILES string of the molecule is CNC(C#N)c1ccc(SC(C)C)cc1. The van der Waals surface area contributed by atoms with Crippen molar-refractivity contribution in [2.24, 2.45) is 0 Å². The molecule has 0 aromatic heterocycles. The second-order valence-corrected chi connectivity index (χ2v) is 5.24. The van der Waals surface area contributed by atoms with Crippen LogP contribution in [0.4, 0.5) is 0 Å². The number of nitriles is 1. The second-order valence-electron chi connectivity index (χ2n) is 3.59. The van der Waals surface area contributed by atoms with Gasteiger partial charge >= 0.3 is 0 Å². The van der Waals surface area contributed by atoms with Gasteiger partial charge in [0.25, 0.3) is 0 Å². The molecule has 0 aliphatic rings. The summed E-state index contributed by atoms with van der Waals surface area (Å²) in [4.78, 5) is 1.25. The van der Waals surface area contributed by atoms with E-state index >= 15 is 0 Å². The first-order chi connectivity index (χ1) is 7.17. The Morgan fingerprint density at radius 3 is 2.27 bits per heavy atom. The average molecular weight is 220 g/mol. The Balaban J connectivity index is 2.76. The van der Waals surface area contributed by atoms with Gasteiger partial charge in [-0.1, -0.05) is 26.0 Å². The first-order valence-corrected chi connectivity index (χ1v) is 5.89. The molecule has 1 aromatic carbocycles. The van der Waals surface area contributed by atoms with Crippen LogP contribution in [0.3, 0.4) is 0 Å². The molecule has 0 saturated heterocycles. The Morgan fingerprint density at radius 1 is 1.27 bits per heavy atom.